The summed E-state index contributed by atoms with van der Waals surface area (Å²) in [4.78, 5) is 10.6. The molecule has 2 aromatic rings. The zero-order valence-corrected chi connectivity index (χ0v) is 12.3. The van der Waals surface area contributed by atoms with E-state index >= 15 is 0 Å². The summed E-state index contributed by atoms with van der Waals surface area (Å²) in [6.07, 6.45) is 2.62. The number of carboxylic acids is 1. The highest BCUT2D eigenvalue weighted by molar-refractivity contribution is 6.31. The smallest absolute Gasteiger partial charge is 0.328 e. The van der Waals surface area contributed by atoms with Crippen LogP contribution in [-0.2, 0) is 11.4 Å². The van der Waals surface area contributed by atoms with Crippen LogP contribution in [0.2, 0.25) is 5.02 Å². The van der Waals surface area contributed by atoms with Crippen molar-refractivity contribution in [1.29, 1.82) is 0 Å². The molecule has 0 saturated heterocycles. The molecule has 0 amide bonds. The molecule has 0 atom stereocenters. The van der Waals surface area contributed by atoms with Crippen LogP contribution < -0.4 is 4.74 Å². The third-order valence-corrected chi connectivity index (χ3v) is 3.28. The van der Waals surface area contributed by atoms with Gasteiger partial charge in [-0.2, -0.15) is 0 Å². The topological polar surface area (TPSA) is 46.5 Å². The van der Waals surface area contributed by atoms with Crippen LogP contribution in [0.1, 0.15) is 16.7 Å². The fourth-order valence-corrected chi connectivity index (χ4v) is 2.05. The SMILES string of the molecule is Cc1ccc(OCc2ccccc2Cl)c(C=CC(=O)O)c1. The predicted octanol–water partition coefficient (Wildman–Crippen LogP) is 4.33. The molecule has 2 aromatic carbocycles. The number of aryl methyl sites for hydroxylation is 1. The van der Waals surface area contributed by atoms with Crippen LogP contribution in [0.4, 0.5) is 0 Å². The van der Waals surface area contributed by atoms with Crippen molar-refractivity contribution < 1.29 is 14.6 Å². The number of carbonyl (C=O) groups is 1. The minimum atomic E-state index is -0.992. The van der Waals surface area contributed by atoms with Gasteiger partial charge in [-0.3, -0.25) is 0 Å². The lowest BCUT2D eigenvalue weighted by molar-refractivity contribution is -0.131. The summed E-state index contributed by atoms with van der Waals surface area (Å²) in [6.45, 7) is 2.27. The van der Waals surface area contributed by atoms with E-state index in [1.807, 2.05) is 43.3 Å². The summed E-state index contributed by atoms with van der Waals surface area (Å²) in [5.41, 5.74) is 2.64. The summed E-state index contributed by atoms with van der Waals surface area (Å²) >= 11 is 6.09. The summed E-state index contributed by atoms with van der Waals surface area (Å²) in [5.74, 6) is -0.369. The Morgan fingerprint density at radius 2 is 2.05 bits per heavy atom. The molecule has 0 aliphatic rings. The third kappa shape index (κ3) is 4.36. The number of halogens is 1. The van der Waals surface area contributed by atoms with Gasteiger partial charge in [-0.05, 0) is 31.2 Å². The predicted molar refractivity (Wildman–Crippen MR) is 83.6 cm³/mol. The summed E-state index contributed by atoms with van der Waals surface area (Å²) in [5, 5.41) is 9.38. The molecule has 0 aliphatic carbocycles. The van der Waals surface area contributed by atoms with Crippen LogP contribution in [0.3, 0.4) is 0 Å². The normalized spacial score (nSPS) is 10.8. The van der Waals surface area contributed by atoms with Gasteiger partial charge in [0, 0.05) is 22.2 Å². The second-order valence-corrected chi connectivity index (χ2v) is 5.00. The quantitative estimate of drug-likeness (QED) is 0.836. The van der Waals surface area contributed by atoms with Gasteiger partial charge < -0.3 is 9.84 Å². The average Bonchev–Trinajstić information content (AvgIpc) is 2.45. The van der Waals surface area contributed by atoms with E-state index in [0.29, 0.717) is 17.4 Å². The summed E-state index contributed by atoms with van der Waals surface area (Å²) in [7, 11) is 0. The molecule has 1 N–H and O–H groups in total. The minimum Gasteiger partial charge on any atom is -0.488 e. The van der Waals surface area contributed by atoms with Gasteiger partial charge in [-0.25, -0.2) is 4.79 Å². The van der Waals surface area contributed by atoms with Gasteiger partial charge in [-0.1, -0.05) is 41.4 Å². The van der Waals surface area contributed by atoms with Gasteiger partial charge in [0.15, 0.2) is 0 Å². The zero-order chi connectivity index (χ0) is 15.2. The molecule has 0 heterocycles. The van der Waals surface area contributed by atoms with E-state index in [0.717, 1.165) is 22.8 Å². The Hall–Kier alpha value is -2.26. The van der Waals surface area contributed by atoms with Crippen molar-refractivity contribution in [3.05, 3.63) is 70.3 Å². The Labute approximate surface area is 128 Å². The van der Waals surface area contributed by atoms with Crippen molar-refractivity contribution in [3.8, 4) is 5.75 Å². The van der Waals surface area contributed by atoms with Crippen LogP contribution in [0.15, 0.2) is 48.5 Å². The maximum absolute atomic E-state index is 10.6. The molecule has 2 rings (SSSR count). The zero-order valence-electron chi connectivity index (χ0n) is 11.5. The van der Waals surface area contributed by atoms with Crippen molar-refractivity contribution >= 4 is 23.6 Å². The van der Waals surface area contributed by atoms with E-state index in [1.165, 1.54) is 6.08 Å². The van der Waals surface area contributed by atoms with Gasteiger partial charge in [0.05, 0.1) is 0 Å². The maximum Gasteiger partial charge on any atom is 0.328 e. The van der Waals surface area contributed by atoms with Crippen molar-refractivity contribution in [2.75, 3.05) is 0 Å². The number of rotatable bonds is 5. The number of benzene rings is 2. The van der Waals surface area contributed by atoms with Gasteiger partial charge in [0.2, 0.25) is 0 Å². The standard InChI is InChI=1S/C17H15ClO3/c1-12-6-8-16(13(10-12)7-9-17(19)20)21-11-14-4-2-3-5-15(14)18/h2-10H,11H2,1H3,(H,19,20). The molecule has 108 valence electrons. The van der Waals surface area contributed by atoms with Crippen molar-refractivity contribution in [1.82, 2.24) is 0 Å². The van der Waals surface area contributed by atoms with Crippen LogP contribution >= 0.6 is 11.6 Å². The molecule has 21 heavy (non-hydrogen) atoms. The molecular weight excluding hydrogens is 288 g/mol. The van der Waals surface area contributed by atoms with E-state index in [9.17, 15) is 4.79 Å². The first kappa shape index (κ1) is 15.1. The second kappa shape index (κ2) is 6.95. The Kier molecular flexibility index (Phi) is 5.01. The van der Waals surface area contributed by atoms with Crippen molar-refractivity contribution in [2.45, 2.75) is 13.5 Å². The molecule has 0 radical (unpaired) electrons. The molecule has 0 fully saturated rings. The van der Waals surface area contributed by atoms with Crippen molar-refractivity contribution in [3.63, 3.8) is 0 Å². The first-order valence-electron chi connectivity index (χ1n) is 6.44. The average molecular weight is 303 g/mol. The van der Waals surface area contributed by atoms with Crippen LogP contribution in [0.5, 0.6) is 5.75 Å². The Bertz CT molecular complexity index is 677. The first-order chi connectivity index (χ1) is 10.1. The molecule has 0 aromatic heterocycles. The largest absolute Gasteiger partial charge is 0.488 e. The lowest BCUT2D eigenvalue weighted by Gasteiger charge is -2.11. The van der Waals surface area contributed by atoms with E-state index in [4.69, 9.17) is 21.4 Å². The molecule has 4 heteroatoms. The summed E-state index contributed by atoms with van der Waals surface area (Å²) < 4.78 is 5.76. The van der Waals surface area contributed by atoms with Crippen LogP contribution in [0.25, 0.3) is 6.08 Å². The van der Waals surface area contributed by atoms with Gasteiger partial charge in [0.25, 0.3) is 0 Å². The Morgan fingerprint density at radius 1 is 1.29 bits per heavy atom. The second-order valence-electron chi connectivity index (χ2n) is 4.59. The number of hydrogen-bond acceptors (Lipinski definition) is 2. The van der Waals surface area contributed by atoms with Crippen LogP contribution in [0, 0.1) is 6.92 Å². The van der Waals surface area contributed by atoms with Gasteiger partial charge >= 0.3 is 5.97 Å². The van der Waals surface area contributed by atoms with E-state index in [-0.39, 0.29) is 0 Å². The third-order valence-electron chi connectivity index (χ3n) is 2.91. The lowest BCUT2D eigenvalue weighted by Crippen LogP contribution is -1.98. The molecule has 0 aliphatic heterocycles. The molecule has 0 spiro atoms. The lowest BCUT2D eigenvalue weighted by atomic mass is 10.1. The van der Waals surface area contributed by atoms with Gasteiger partial charge in [0.1, 0.15) is 12.4 Å². The van der Waals surface area contributed by atoms with E-state index in [1.54, 1.807) is 6.07 Å². The summed E-state index contributed by atoms with van der Waals surface area (Å²) in [6, 6.07) is 13.1. The fraction of sp³-hybridized carbons (Fsp3) is 0.118. The van der Waals surface area contributed by atoms with Gasteiger partial charge in [-0.15, -0.1) is 0 Å². The molecular formula is C17H15ClO3. The first-order valence-corrected chi connectivity index (χ1v) is 6.82. The van der Waals surface area contributed by atoms with Crippen molar-refractivity contribution in [2.24, 2.45) is 0 Å². The molecule has 0 bridgehead atoms. The molecule has 0 unspecified atom stereocenters. The van der Waals surface area contributed by atoms with E-state index in [2.05, 4.69) is 0 Å². The minimum absolute atomic E-state index is 0.330. The maximum atomic E-state index is 10.6. The number of aliphatic carboxylic acids is 1. The fourth-order valence-electron chi connectivity index (χ4n) is 1.86. The molecule has 0 saturated carbocycles. The number of hydrogen-bond donors (Lipinski definition) is 1. The molecule has 3 nitrogen and oxygen atoms in total. The monoisotopic (exact) mass is 302 g/mol. The number of carboxylic acid groups (broad SMARTS) is 1. The highest BCUT2D eigenvalue weighted by atomic mass is 35.5. The Balaban J connectivity index is 2.20. The van der Waals surface area contributed by atoms with Crippen LogP contribution in [-0.4, -0.2) is 11.1 Å². The highest BCUT2D eigenvalue weighted by Gasteiger charge is 2.05. The van der Waals surface area contributed by atoms with E-state index < -0.39 is 5.97 Å². The number of ether oxygens (including phenoxy) is 1. The highest BCUT2D eigenvalue weighted by Crippen LogP contribution is 2.24. The Morgan fingerprint density at radius 3 is 2.76 bits per heavy atom.